The van der Waals surface area contributed by atoms with Crippen molar-refractivity contribution in [3.8, 4) is 11.5 Å². The van der Waals surface area contributed by atoms with Gasteiger partial charge < -0.3 is 20.5 Å². The van der Waals surface area contributed by atoms with E-state index >= 15 is 0 Å². The molecule has 1 aromatic carbocycles. The molecule has 3 rings (SSSR count). The first-order valence-electron chi connectivity index (χ1n) is 9.35. The van der Waals surface area contributed by atoms with Crippen molar-refractivity contribution in [2.45, 2.75) is 49.0 Å². The minimum absolute atomic E-state index is 0. The largest absolute Gasteiger partial charge is 0.490 e. The van der Waals surface area contributed by atoms with E-state index in [-0.39, 0.29) is 41.7 Å². The lowest BCUT2D eigenvalue weighted by Crippen LogP contribution is -2.52. The molecule has 0 saturated heterocycles. The summed E-state index contributed by atoms with van der Waals surface area (Å²) in [6, 6.07) is 4.51. The van der Waals surface area contributed by atoms with Crippen LogP contribution in [0.3, 0.4) is 0 Å². The van der Waals surface area contributed by atoms with E-state index in [0.717, 1.165) is 32.1 Å². The van der Waals surface area contributed by atoms with Crippen molar-refractivity contribution in [3.63, 3.8) is 0 Å². The second-order valence-electron chi connectivity index (χ2n) is 7.05. The van der Waals surface area contributed by atoms with Crippen LogP contribution in [-0.2, 0) is 14.8 Å². The zero-order chi connectivity index (χ0) is 19.3. The summed E-state index contributed by atoms with van der Waals surface area (Å²) in [7, 11) is -3.74. The van der Waals surface area contributed by atoms with Crippen molar-refractivity contribution in [2.75, 3.05) is 26.3 Å². The molecule has 1 aromatic rings. The highest BCUT2D eigenvalue weighted by molar-refractivity contribution is 7.89. The maximum atomic E-state index is 12.5. The quantitative estimate of drug-likeness (QED) is 0.596. The first kappa shape index (κ1) is 22.7. The van der Waals surface area contributed by atoms with Crippen LogP contribution in [-0.4, -0.2) is 46.2 Å². The lowest BCUT2D eigenvalue weighted by atomic mass is 9.97. The first-order chi connectivity index (χ1) is 12.9. The number of fused-ring (bicyclic) bond motifs is 1. The Bertz CT molecular complexity index is 781. The molecule has 1 heterocycles. The van der Waals surface area contributed by atoms with E-state index < -0.39 is 10.0 Å². The Morgan fingerprint density at radius 3 is 2.46 bits per heavy atom. The van der Waals surface area contributed by atoms with Gasteiger partial charge in [0, 0.05) is 32.0 Å². The maximum absolute atomic E-state index is 12.5. The Hall–Kier alpha value is -1.55. The highest BCUT2D eigenvalue weighted by atomic mass is 35.5. The van der Waals surface area contributed by atoms with Gasteiger partial charge in [0.2, 0.25) is 15.9 Å². The summed E-state index contributed by atoms with van der Waals surface area (Å²) < 4.78 is 38.5. The topological polar surface area (TPSA) is 120 Å². The summed E-state index contributed by atoms with van der Waals surface area (Å²) in [6.07, 6.45) is 4.65. The standard InChI is InChI=1S/C18H27N3O5S.ClH/c19-13-18(7-1-2-8-18)21-17(22)6-9-20-27(23,24)14-4-5-15-16(12-14)26-11-3-10-25-15;/h4-5,12,20H,1-3,6-11,13,19H2,(H,21,22);1H. The third-order valence-corrected chi connectivity index (χ3v) is 6.49. The fourth-order valence-corrected chi connectivity index (χ4v) is 4.53. The molecule has 1 fully saturated rings. The smallest absolute Gasteiger partial charge is 0.240 e. The van der Waals surface area contributed by atoms with Gasteiger partial charge in [0.05, 0.1) is 23.6 Å². The number of benzene rings is 1. The number of hydrogen-bond donors (Lipinski definition) is 3. The Labute approximate surface area is 172 Å². The number of amides is 1. The number of halogens is 1. The van der Waals surface area contributed by atoms with Crippen LogP contribution in [0.5, 0.6) is 11.5 Å². The maximum Gasteiger partial charge on any atom is 0.240 e. The number of carbonyl (C=O) groups excluding carboxylic acids is 1. The number of sulfonamides is 1. The Balaban J connectivity index is 0.00000280. The highest BCUT2D eigenvalue weighted by Crippen LogP contribution is 2.32. The molecule has 0 spiro atoms. The number of hydrogen-bond acceptors (Lipinski definition) is 6. The number of rotatable bonds is 7. The van der Waals surface area contributed by atoms with E-state index in [9.17, 15) is 13.2 Å². The molecule has 0 bridgehead atoms. The SMILES string of the molecule is Cl.NCC1(NC(=O)CCNS(=O)(=O)c2ccc3c(c2)OCCCO3)CCCC1. The minimum atomic E-state index is -3.74. The van der Waals surface area contributed by atoms with Gasteiger partial charge in [-0.05, 0) is 25.0 Å². The summed E-state index contributed by atoms with van der Waals surface area (Å²) in [5, 5.41) is 2.98. The molecule has 1 amide bonds. The van der Waals surface area contributed by atoms with Crippen molar-refractivity contribution >= 4 is 28.3 Å². The highest BCUT2D eigenvalue weighted by Gasteiger charge is 2.33. The molecular formula is C18H28ClN3O5S. The van der Waals surface area contributed by atoms with Gasteiger partial charge in [-0.2, -0.15) is 0 Å². The molecular weight excluding hydrogens is 406 g/mol. The number of nitrogens with one attached hydrogen (secondary N) is 2. The Morgan fingerprint density at radius 2 is 1.79 bits per heavy atom. The first-order valence-corrected chi connectivity index (χ1v) is 10.8. The van der Waals surface area contributed by atoms with Gasteiger partial charge in [-0.25, -0.2) is 13.1 Å². The van der Waals surface area contributed by atoms with Crippen molar-refractivity contribution in [2.24, 2.45) is 5.73 Å². The zero-order valence-electron chi connectivity index (χ0n) is 15.7. The van der Waals surface area contributed by atoms with Crippen LogP contribution in [0.25, 0.3) is 0 Å². The average Bonchev–Trinajstić information content (AvgIpc) is 2.97. The van der Waals surface area contributed by atoms with Crippen molar-refractivity contribution in [1.82, 2.24) is 10.0 Å². The predicted octanol–water partition coefficient (Wildman–Crippen LogP) is 1.33. The summed E-state index contributed by atoms with van der Waals surface area (Å²) in [5.74, 6) is 0.762. The van der Waals surface area contributed by atoms with Crippen LogP contribution in [0.4, 0.5) is 0 Å². The van der Waals surface area contributed by atoms with Crippen LogP contribution >= 0.6 is 12.4 Å². The fourth-order valence-electron chi connectivity index (χ4n) is 3.48. The van der Waals surface area contributed by atoms with E-state index in [2.05, 4.69) is 10.0 Å². The van der Waals surface area contributed by atoms with E-state index in [0.29, 0.717) is 31.3 Å². The molecule has 2 aliphatic rings. The number of ether oxygens (including phenoxy) is 2. The second kappa shape index (κ2) is 9.78. The zero-order valence-corrected chi connectivity index (χ0v) is 17.4. The molecule has 0 aromatic heterocycles. The van der Waals surface area contributed by atoms with Crippen LogP contribution in [0, 0.1) is 0 Å². The summed E-state index contributed by atoms with van der Waals surface area (Å²) in [5.41, 5.74) is 5.48. The molecule has 28 heavy (non-hydrogen) atoms. The van der Waals surface area contributed by atoms with Gasteiger partial charge in [0.15, 0.2) is 11.5 Å². The molecule has 1 aliphatic carbocycles. The molecule has 158 valence electrons. The number of carbonyl (C=O) groups is 1. The van der Waals surface area contributed by atoms with Gasteiger partial charge in [-0.1, -0.05) is 12.8 Å². The Kier molecular flexibility index (Phi) is 7.94. The predicted molar refractivity (Wildman–Crippen MR) is 107 cm³/mol. The lowest BCUT2D eigenvalue weighted by Gasteiger charge is -2.28. The van der Waals surface area contributed by atoms with Crippen LogP contribution in [0.2, 0.25) is 0 Å². The third kappa shape index (κ3) is 5.50. The molecule has 8 nitrogen and oxygen atoms in total. The molecule has 1 aliphatic heterocycles. The van der Waals surface area contributed by atoms with Crippen molar-refractivity contribution < 1.29 is 22.7 Å². The fraction of sp³-hybridized carbons (Fsp3) is 0.611. The van der Waals surface area contributed by atoms with E-state index in [1.165, 1.54) is 12.1 Å². The lowest BCUT2D eigenvalue weighted by molar-refractivity contribution is -0.122. The molecule has 4 N–H and O–H groups in total. The summed E-state index contributed by atoms with van der Waals surface area (Å²) in [4.78, 5) is 12.3. The van der Waals surface area contributed by atoms with E-state index in [1.54, 1.807) is 6.07 Å². The average molecular weight is 434 g/mol. The second-order valence-corrected chi connectivity index (χ2v) is 8.81. The molecule has 0 atom stereocenters. The van der Waals surface area contributed by atoms with Gasteiger partial charge in [-0.3, -0.25) is 4.79 Å². The monoisotopic (exact) mass is 433 g/mol. The number of nitrogens with two attached hydrogens (primary N) is 1. The summed E-state index contributed by atoms with van der Waals surface area (Å²) in [6.45, 7) is 1.44. The van der Waals surface area contributed by atoms with Crippen LogP contribution in [0.15, 0.2) is 23.1 Å². The van der Waals surface area contributed by atoms with E-state index in [4.69, 9.17) is 15.2 Å². The third-order valence-electron chi connectivity index (χ3n) is 5.03. The van der Waals surface area contributed by atoms with Gasteiger partial charge in [0.1, 0.15) is 0 Å². The normalized spacial score (nSPS) is 18.0. The van der Waals surface area contributed by atoms with E-state index in [1.807, 2.05) is 0 Å². The molecule has 0 radical (unpaired) electrons. The van der Waals surface area contributed by atoms with Gasteiger partial charge >= 0.3 is 0 Å². The van der Waals surface area contributed by atoms with Crippen molar-refractivity contribution in [3.05, 3.63) is 18.2 Å². The molecule has 10 heteroatoms. The van der Waals surface area contributed by atoms with Gasteiger partial charge in [-0.15, -0.1) is 12.4 Å². The Morgan fingerprint density at radius 1 is 1.11 bits per heavy atom. The molecule has 1 saturated carbocycles. The van der Waals surface area contributed by atoms with Crippen molar-refractivity contribution in [1.29, 1.82) is 0 Å². The minimum Gasteiger partial charge on any atom is -0.490 e. The van der Waals surface area contributed by atoms with Crippen LogP contribution < -0.4 is 25.2 Å². The van der Waals surface area contributed by atoms with Crippen LogP contribution in [0.1, 0.15) is 38.5 Å². The summed E-state index contributed by atoms with van der Waals surface area (Å²) >= 11 is 0. The van der Waals surface area contributed by atoms with Gasteiger partial charge in [0.25, 0.3) is 0 Å². The molecule has 0 unspecified atom stereocenters.